The van der Waals surface area contributed by atoms with Gasteiger partial charge in [0.25, 0.3) is 0 Å². The number of nitrogens with zero attached hydrogens (tertiary/aromatic N) is 4. The average Bonchev–Trinajstić information content (AvgIpc) is 3.44. The molecule has 1 fully saturated rings. The second-order valence-corrected chi connectivity index (χ2v) is 11.1. The summed E-state index contributed by atoms with van der Waals surface area (Å²) >= 11 is 0. The first-order chi connectivity index (χ1) is 21.2. The van der Waals surface area contributed by atoms with Crippen molar-refractivity contribution in [3.8, 4) is 22.8 Å². The molecule has 0 radical (unpaired) electrons. The van der Waals surface area contributed by atoms with E-state index >= 15 is 0 Å². The van der Waals surface area contributed by atoms with Crippen molar-refractivity contribution in [2.24, 2.45) is 0 Å². The summed E-state index contributed by atoms with van der Waals surface area (Å²) < 4.78 is 86.3. The third kappa shape index (κ3) is 7.47. The van der Waals surface area contributed by atoms with Crippen molar-refractivity contribution >= 4 is 5.97 Å². The fourth-order valence-electron chi connectivity index (χ4n) is 5.58. The highest BCUT2D eigenvalue weighted by molar-refractivity contribution is 5.89. The van der Waals surface area contributed by atoms with Gasteiger partial charge in [0, 0.05) is 5.56 Å². The third-order valence-electron chi connectivity index (χ3n) is 7.84. The number of halogens is 6. The molecule has 1 N–H and O–H groups in total. The van der Waals surface area contributed by atoms with Crippen LogP contribution in [0.15, 0.2) is 60.8 Å². The largest absolute Gasteiger partial charge is 0.488 e. The van der Waals surface area contributed by atoms with Crippen LogP contribution in [0.2, 0.25) is 0 Å². The van der Waals surface area contributed by atoms with Crippen molar-refractivity contribution in [1.29, 1.82) is 0 Å². The fraction of sp³-hybridized carbons (Fsp3) is 0.344. The van der Waals surface area contributed by atoms with E-state index in [4.69, 9.17) is 4.74 Å². The van der Waals surface area contributed by atoms with Gasteiger partial charge in [-0.05, 0) is 86.7 Å². The summed E-state index contributed by atoms with van der Waals surface area (Å²) in [5, 5.41) is 12.9. The summed E-state index contributed by atoms with van der Waals surface area (Å²) in [6.45, 7) is 3.86. The fourth-order valence-corrected chi connectivity index (χ4v) is 5.58. The SMILES string of the molecule is Cc1ccc(OCc2ccc(C3CCN(CC(F)(F)F)CC3)cc2C)c(-c2cccc(-n3ncc(C(=O)O)c3C(F)(F)F)n2)c1. The van der Waals surface area contributed by atoms with Crippen LogP contribution in [-0.4, -0.2) is 56.6 Å². The van der Waals surface area contributed by atoms with Gasteiger partial charge in [0.15, 0.2) is 11.5 Å². The van der Waals surface area contributed by atoms with E-state index in [1.807, 2.05) is 38.1 Å². The van der Waals surface area contributed by atoms with Gasteiger partial charge in [-0.25, -0.2) is 14.5 Å². The van der Waals surface area contributed by atoms with Crippen molar-refractivity contribution in [3.05, 3.63) is 94.3 Å². The maximum absolute atomic E-state index is 13.8. The van der Waals surface area contributed by atoms with E-state index in [0.29, 0.717) is 53.8 Å². The number of pyridine rings is 1. The van der Waals surface area contributed by atoms with Gasteiger partial charge in [-0.2, -0.15) is 31.4 Å². The normalized spacial score (nSPS) is 14.9. The summed E-state index contributed by atoms with van der Waals surface area (Å²) in [6.07, 6.45) is -7.26. The Hall–Kier alpha value is -4.39. The minimum atomic E-state index is -4.99. The van der Waals surface area contributed by atoms with E-state index < -0.39 is 36.1 Å². The van der Waals surface area contributed by atoms with E-state index in [1.54, 1.807) is 18.2 Å². The van der Waals surface area contributed by atoms with Crippen LogP contribution >= 0.6 is 0 Å². The van der Waals surface area contributed by atoms with Gasteiger partial charge in [0.2, 0.25) is 0 Å². The Morgan fingerprint density at radius 2 is 1.73 bits per heavy atom. The molecule has 0 unspecified atom stereocenters. The van der Waals surface area contributed by atoms with E-state index in [2.05, 4.69) is 10.1 Å². The van der Waals surface area contributed by atoms with E-state index in [-0.39, 0.29) is 18.3 Å². The molecule has 4 aromatic rings. The van der Waals surface area contributed by atoms with Crippen molar-refractivity contribution < 1.29 is 41.0 Å². The van der Waals surface area contributed by atoms with Crippen LogP contribution in [-0.2, 0) is 12.8 Å². The number of hydrogen-bond donors (Lipinski definition) is 1. The first-order valence-electron chi connectivity index (χ1n) is 14.2. The second kappa shape index (κ2) is 12.5. The first-order valence-corrected chi connectivity index (χ1v) is 14.2. The molecule has 2 aromatic carbocycles. The summed E-state index contributed by atoms with van der Waals surface area (Å²) in [5.41, 5.74) is 2.19. The van der Waals surface area contributed by atoms with Crippen molar-refractivity contribution in [3.63, 3.8) is 0 Å². The molecule has 0 atom stereocenters. The molecule has 13 heteroatoms. The van der Waals surface area contributed by atoms with Gasteiger partial charge in [0.1, 0.15) is 17.9 Å². The van der Waals surface area contributed by atoms with E-state index in [0.717, 1.165) is 22.3 Å². The number of rotatable bonds is 8. The molecule has 0 aliphatic carbocycles. The Bertz CT molecular complexity index is 1690. The monoisotopic (exact) mass is 632 g/mol. The molecule has 1 saturated heterocycles. The van der Waals surface area contributed by atoms with Gasteiger partial charge in [-0.1, -0.05) is 35.9 Å². The van der Waals surface area contributed by atoms with Gasteiger partial charge < -0.3 is 9.84 Å². The predicted octanol–water partition coefficient (Wildman–Crippen LogP) is 7.59. The van der Waals surface area contributed by atoms with Gasteiger partial charge in [-0.15, -0.1) is 0 Å². The van der Waals surface area contributed by atoms with Crippen LogP contribution in [0.3, 0.4) is 0 Å². The predicted molar refractivity (Wildman–Crippen MR) is 153 cm³/mol. The molecule has 3 heterocycles. The molecule has 7 nitrogen and oxygen atoms in total. The lowest BCUT2D eigenvalue weighted by molar-refractivity contribution is -0.148. The van der Waals surface area contributed by atoms with Gasteiger partial charge in [-0.3, -0.25) is 4.90 Å². The highest BCUT2D eigenvalue weighted by Gasteiger charge is 2.41. The van der Waals surface area contributed by atoms with E-state index in [1.165, 1.54) is 17.0 Å². The average molecular weight is 633 g/mol. The standard InChI is InChI=1S/C32H30F6N4O3/c1-19-6-9-27(45-17-23-8-7-22(15-20(23)2)21-10-12-41(13-11-21)18-31(33,34)35)24(14-19)26-4-3-5-28(40-26)42-29(32(36,37)38)25(16-39-42)30(43)44/h3-9,14-16,21H,10-13,17-18H2,1-2H3,(H,43,44). The third-order valence-corrected chi connectivity index (χ3v) is 7.84. The van der Waals surface area contributed by atoms with Gasteiger partial charge in [0.05, 0.1) is 18.4 Å². The lowest BCUT2D eigenvalue weighted by Crippen LogP contribution is -2.39. The Morgan fingerprint density at radius 1 is 1.00 bits per heavy atom. The smallest absolute Gasteiger partial charge is 0.434 e. The number of carbonyl (C=O) groups is 1. The molecular weight excluding hydrogens is 602 g/mol. The van der Waals surface area contributed by atoms with Crippen molar-refractivity contribution in [2.45, 2.75) is 51.6 Å². The molecule has 0 spiro atoms. The van der Waals surface area contributed by atoms with Crippen LogP contribution in [0.4, 0.5) is 26.3 Å². The summed E-state index contributed by atoms with van der Waals surface area (Å²) in [7, 11) is 0. The number of piperidine rings is 1. The van der Waals surface area contributed by atoms with Crippen LogP contribution in [0.1, 0.15) is 57.1 Å². The number of alkyl halides is 6. The molecule has 2 aromatic heterocycles. The van der Waals surface area contributed by atoms with Crippen LogP contribution in [0, 0.1) is 13.8 Å². The highest BCUT2D eigenvalue weighted by Crippen LogP contribution is 2.36. The lowest BCUT2D eigenvalue weighted by Gasteiger charge is -2.32. The molecule has 238 valence electrons. The summed E-state index contributed by atoms with van der Waals surface area (Å²) in [5.74, 6) is -1.36. The number of hydrogen-bond acceptors (Lipinski definition) is 5. The zero-order chi connectivity index (χ0) is 32.5. The van der Waals surface area contributed by atoms with Gasteiger partial charge >= 0.3 is 18.3 Å². The molecule has 1 aliphatic rings. The molecule has 1 aliphatic heterocycles. The number of benzene rings is 2. The minimum Gasteiger partial charge on any atom is -0.488 e. The number of aromatic carboxylic acids is 1. The number of likely N-dealkylation sites (tertiary alicyclic amines) is 1. The Labute approximate surface area is 255 Å². The molecule has 0 amide bonds. The van der Waals surface area contributed by atoms with Crippen LogP contribution in [0.5, 0.6) is 5.75 Å². The number of aromatic nitrogens is 3. The number of aryl methyl sites for hydroxylation is 2. The van der Waals surface area contributed by atoms with Crippen molar-refractivity contribution in [1.82, 2.24) is 19.7 Å². The Morgan fingerprint density at radius 3 is 2.38 bits per heavy atom. The number of carboxylic acid groups (broad SMARTS) is 1. The van der Waals surface area contributed by atoms with Crippen molar-refractivity contribution in [2.75, 3.05) is 19.6 Å². The van der Waals surface area contributed by atoms with Crippen LogP contribution in [0.25, 0.3) is 17.1 Å². The quantitative estimate of drug-likeness (QED) is 0.202. The molecule has 5 rings (SSSR count). The summed E-state index contributed by atoms with van der Waals surface area (Å²) in [6, 6.07) is 15.7. The molecule has 45 heavy (non-hydrogen) atoms. The Kier molecular flexibility index (Phi) is 8.92. The van der Waals surface area contributed by atoms with Crippen LogP contribution < -0.4 is 4.74 Å². The Balaban J connectivity index is 1.35. The minimum absolute atomic E-state index is 0.171. The number of ether oxygens (including phenoxy) is 1. The maximum atomic E-state index is 13.8. The summed E-state index contributed by atoms with van der Waals surface area (Å²) in [4.78, 5) is 17.2. The number of carboxylic acids is 1. The topological polar surface area (TPSA) is 80.5 Å². The lowest BCUT2D eigenvalue weighted by atomic mass is 9.88. The van der Waals surface area contributed by atoms with E-state index in [9.17, 15) is 36.2 Å². The maximum Gasteiger partial charge on any atom is 0.434 e. The molecule has 0 saturated carbocycles. The first kappa shape index (κ1) is 32.0. The molecule has 0 bridgehead atoms. The second-order valence-electron chi connectivity index (χ2n) is 11.1. The zero-order valence-electron chi connectivity index (χ0n) is 24.4. The molecular formula is C32H30F6N4O3. The zero-order valence-corrected chi connectivity index (χ0v) is 24.4. The highest BCUT2D eigenvalue weighted by atomic mass is 19.4.